The summed E-state index contributed by atoms with van der Waals surface area (Å²) in [5.74, 6) is 0.408. The fraction of sp³-hybridized carbons (Fsp3) is 0.250. The molecule has 1 aliphatic rings. The molecule has 1 aliphatic carbocycles. The Morgan fingerprint density at radius 1 is 1.32 bits per heavy atom. The van der Waals surface area contributed by atoms with Crippen LogP contribution in [0.25, 0.3) is 21.7 Å². The van der Waals surface area contributed by atoms with E-state index in [4.69, 9.17) is 0 Å². The Morgan fingerprint density at radius 3 is 2.88 bits per heavy atom. The molecule has 25 heavy (non-hydrogen) atoms. The van der Waals surface area contributed by atoms with Gasteiger partial charge >= 0.3 is 6.03 Å². The van der Waals surface area contributed by atoms with Crippen molar-refractivity contribution in [2.45, 2.75) is 25.5 Å². The van der Waals surface area contributed by atoms with E-state index in [1.54, 1.807) is 18.3 Å². The molecule has 3 aromatic heterocycles. The molecule has 0 unspecified atom stereocenters. The van der Waals surface area contributed by atoms with Gasteiger partial charge in [-0.2, -0.15) is 0 Å². The second-order valence-corrected chi connectivity index (χ2v) is 7.32. The third kappa shape index (κ3) is 3.44. The number of aromatic nitrogens is 3. The highest BCUT2D eigenvalue weighted by atomic mass is 32.1. The highest BCUT2D eigenvalue weighted by molar-refractivity contribution is 7.78. The summed E-state index contributed by atoms with van der Waals surface area (Å²) in [7, 11) is 0. The Kier molecular flexibility index (Phi) is 4.28. The number of urea groups is 1. The number of pyridine rings is 1. The monoisotopic (exact) mass is 373 g/mol. The second-order valence-electron chi connectivity index (χ2n) is 5.72. The number of hydrogen-bond donors (Lipinski definition) is 3. The van der Waals surface area contributed by atoms with Crippen LogP contribution in [0.15, 0.2) is 30.5 Å². The quantitative estimate of drug-likeness (QED) is 0.611. The van der Waals surface area contributed by atoms with Crippen LogP contribution in [0.4, 0.5) is 10.6 Å². The minimum Gasteiger partial charge on any atom is -0.391 e. The van der Waals surface area contributed by atoms with Gasteiger partial charge in [0, 0.05) is 10.9 Å². The van der Waals surface area contributed by atoms with E-state index in [-0.39, 0.29) is 18.7 Å². The molecule has 2 N–H and O–H groups in total. The SMILES string of the molecule is O=C(Nc1ccc2ncc(-c3ccc(CO)s3)nc2n1)N(S)C1CC1. The van der Waals surface area contributed by atoms with Crippen molar-refractivity contribution < 1.29 is 9.90 Å². The number of fused-ring (bicyclic) bond motifs is 1. The second kappa shape index (κ2) is 6.58. The molecule has 0 aromatic carbocycles. The van der Waals surface area contributed by atoms with Gasteiger partial charge in [-0.05, 0) is 37.1 Å². The molecule has 128 valence electrons. The summed E-state index contributed by atoms with van der Waals surface area (Å²) in [6.07, 6.45) is 3.64. The number of aliphatic hydroxyl groups is 1. The fourth-order valence-electron chi connectivity index (χ4n) is 2.34. The van der Waals surface area contributed by atoms with Gasteiger partial charge in [0.1, 0.15) is 17.0 Å². The predicted octanol–water partition coefficient (Wildman–Crippen LogP) is 3.09. The van der Waals surface area contributed by atoms with Crippen molar-refractivity contribution in [1.29, 1.82) is 0 Å². The van der Waals surface area contributed by atoms with Crippen LogP contribution in [-0.2, 0) is 6.61 Å². The number of thiol groups is 1. The number of carbonyl (C=O) groups excluding carboxylic acids is 1. The number of aliphatic hydroxyl groups excluding tert-OH is 1. The molecular weight excluding hydrogens is 358 g/mol. The molecule has 0 aliphatic heterocycles. The first-order valence-corrected chi connectivity index (χ1v) is 8.98. The average Bonchev–Trinajstić information content (AvgIpc) is 3.37. The summed E-state index contributed by atoms with van der Waals surface area (Å²) in [6.45, 7) is 0.00132. The zero-order chi connectivity index (χ0) is 17.4. The number of amides is 2. The number of carbonyl (C=O) groups is 1. The molecule has 1 saturated carbocycles. The Balaban J connectivity index is 1.61. The van der Waals surface area contributed by atoms with Crippen molar-refractivity contribution in [3.8, 4) is 10.6 Å². The third-order valence-electron chi connectivity index (χ3n) is 3.81. The lowest BCUT2D eigenvalue weighted by molar-refractivity contribution is 0.238. The fourth-order valence-corrected chi connectivity index (χ4v) is 3.44. The first-order valence-electron chi connectivity index (χ1n) is 7.77. The summed E-state index contributed by atoms with van der Waals surface area (Å²) >= 11 is 5.66. The van der Waals surface area contributed by atoms with Crippen molar-refractivity contribution in [2.24, 2.45) is 0 Å². The Bertz CT molecular complexity index is 941. The standard InChI is InChI=1S/C16H15N5O2S2/c22-8-10-3-5-13(25-10)12-7-17-11-4-6-14(19-15(11)18-12)20-16(23)21(24)9-1-2-9/h3-7,9,22,24H,1-2,8H2,(H,18,19,20,23). The van der Waals surface area contributed by atoms with Gasteiger partial charge in [0.25, 0.3) is 0 Å². The van der Waals surface area contributed by atoms with Crippen LogP contribution in [0.3, 0.4) is 0 Å². The maximum atomic E-state index is 12.1. The smallest absolute Gasteiger partial charge is 0.333 e. The average molecular weight is 373 g/mol. The van der Waals surface area contributed by atoms with Crippen LogP contribution in [0.2, 0.25) is 0 Å². The molecule has 2 amide bonds. The molecule has 4 rings (SSSR count). The van der Waals surface area contributed by atoms with Crippen molar-refractivity contribution in [1.82, 2.24) is 19.3 Å². The number of nitrogens with zero attached hydrogens (tertiary/aromatic N) is 4. The summed E-state index contributed by atoms with van der Waals surface area (Å²) < 4.78 is 1.40. The van der Waals surface area contributed by atoms with Crippen molar-refractivity contribution in [3.05, 3.63) is 35.3 Å². The van der Waals surface area contributed by atoms with Crippen LogP contribution in [0.1, 0.15) is 17.7 Å². The van der Waals surface area contributed by atoms with Crippen LogP contribution >= 0.6 is 24.2 Å². The minimum absolute atomic E-state index is 0.00132. The van der Waals surface area contributed by atoms with Gasteiger partial charge in [-0.1, -0.05) is 12.8 Å². The molecule has 0 bridgehead atoms. The van der Waals surface area contributed by atoms with Crippen molar-refractivity contribution in [2.75, 3.05) is 5.32 Å². The molecule has 3 heterocycles. The number of rotatable bonds is 4. The molecule has 1 fully saturated rings. The normalized spacial score (nSPS) is 13.8. The minimum atomic E-state index is -0.298. The van der Waals surface area contributed by atoms with Gasteiger partial charge in [-0.3, -0.25) is 14.6 Å². The topological polar surface area (TPSA) is 91.2 Å². The molecule has 0 radical (unpaired) electrons. The van der Waals surface area contributed by atoms with Crippen molar-refractivity contribution in [3.63, 3.8) is 0 Å². The van der Waals surface area contributed by atoms with E-state index >= 15 is 0 Å². The lowest BCUT2D eigenvalue weighted by Gasteiger charge is -2.15. The first kappa shape index (κ1) is 16.2. The molecule has 3 aromatic rings. The summed E-state index contributed by atoms with van der Waals surface area (Å²) in [5.41, 5.74) is 1.78. The summed E-state index contributed by atoms with van der Waals surface area (Å²) in [6, 6.07) is 7.11. The highest BCUT2D eigenvalue weighted by Gasteiger charge is 2.30. The molecule has 7 nitrogen and oxygen atoms in total. The van der Waals surface area contributed by atoms with Crippen LogP contribution in [-0.4, -0.2) is 36.4 Å². The highest BCUT2D eigenvalue weighted by Crippen LogP contribution is 2.29. The van der Waals surface area contributed by atoms with Gasteiger partial charge < -0.3 is 5.11 Å². The number of thiophene rings is 1. The third-order valence-corrected chi connectivity index (χ3v) is 5.41. The summed E-state index contributed by atoms with van der Waals surface area (Å²) in [4.78, 5) is 27.1. The van der Waals surface area contributed by atoms with E-state index in [2.05, 4.69) is 33.1 Å². The Labute approximate surface area is 153 Å². The first-order chi connectivity index (χ1) is 12.1. The summed E-state index contributed by atoms with van der Waals surface area (Å²) in [5, 5.41) is 11.9. The maximum absolute atomic E-state index is 12.1. The molecular formula is C16H15N5O2S2. The van der Waals surface area contributed by atoms with E-state index in [0.717, 1.165) is 22.6 Å². The van der Waals surface area contributed by atoms with Crippen LogP contribution < -0.4 is 5.32 Å². The van der Waals surface area contributed by atoms with E-state index in [9.17, 15) is 9.90 Å². The molecule has 0 atom stereocenters. The van der Waals surface area contributed by atoms with Gasteiger partial charge in [0.15, 0.2) is 5.65 Å². The van der Waals surface area contributed by atoms with Crippen molar-refractivity contribution >= 4 is 47.2 Å². The molecule has 9 heteroatoms. The Morgan fingerprint density at radius 2 is 2.16 bits per heavy atom. The van der Waals surface area contributed by atoms with Crippen LogP contribution in [0, 0.1) is 0 Å². The van der Waals surface area contributed by atoms with Gasteiger partial charge in [0.05, 0.1) is 17.7 Å². The molecule has 0 spiro atoms. The number of hydrogen-bond acceptors (Lipinski definition) is 7. The largest absolute Gasteiger partial charge is 0.391 e. The maximum Gasteiger partial charge on any atom is 0.333 e. The number of anilines is 1. The number of nitrogens with one attached hydrogen (secondary N) is 1. The van der Waals surface area contributed by atoms with Crippen LogP contribution in [0.5, 0.6) is 0 Å². The van der Waals surface area contributed by atoms with Gasteiger partial charge in [-0.25, -0.2) is 14.8 Å². The van der Waals surface area contributed by atoms with E-state index in [1.165, 1.54) is 15.6 Å². The van der Waals surface area contributed by atoms with E-state index < -0.39 is 0 Å². The van der Waals surface area contributed by atoms with E-state index in [1.807, 2.05) is 12.1 Å². The molecule has 0 saturated heterocycles. The van der Waals surface area contributed by atoms with Gasteiger partial charge in [0.2, 0.25) is 0 Å². The zero-order valence-corrected chi connectivity index (χ0v) is 14.8. The predicted molar refractivity (Wildman–Crippen MR) is 99.4 cm³/mol. The van der Waals surface area contributed by atoms with Gasteiger partial charge in [-0.15, -0.1) is 11.3 Å². The lowest BCUT2D eigenvalue weighted by Crippen LogP contribution is -2.29. The Hall–Kier alpha value is -2.23. The zero-order valence-electron chi connectivity index (χ0n) is 13.1. The van der Waals surface area contributed by atoms with E-state index in [0.29, 0.717) is 22.7 Å². The lowest BCUT2D eigenvalue weighted by atomic mass is 10.3.